The zero-order valence-electron chi connectivity index (χ0n) is 18.3. The Hall–Kier alpha value is -4.18. The molecule has 34 heavy (non-hydrogen) atoms. The molecule has 4 rings (SSSR count). The molecule has 2 heterocycles. The van der Waals surface area contributed by atoms with Crippen LogP contribution < -0.4 is 19.5 Å². The lowest BCUT2D eigenvalue weighted by molar-refractivity contribution is -0.118. The lowest BCUT2D eigenvalue weighted by Gasteiger charge is -2.07. The summed E-state index contributed by atoms with van der Waals surface area (Å²) in [5, 5.41) is 4.35. The molecule has 0 spiro atoms. The van der Waals surface area contributed by atoms with Crippen LogP contribution in [0.2, 0.25) is 0 Å². The Kier molecular flexibility index (Phi) is 6.88. The van der Waals surface area contributed by atoms with Crippen LogP contribution in [0.3, 0.4) is 0 Å². The van der Waals surface area contributed by atoms with Gasteiger partial charge in [-0.3, -0.25) is 14.9 Å². The van der Waals surface area contributed by atoms with Crippen LogP contribution in [0.25, 0.3) is 6.08 Å². The third-order valence-electron chi connectivity index (χ3n) is 4.64. The third kappa shape index (κ3) is 5.24. The fourth-order valence-corrected chi connectivity index (χ4v) is 3.77. The van der Waals surface area contributed by atoms with Crippen molar-refractivity contribution in [1.82, 2.24) is 4.98 Å². The second-order valence-electron chi connectivity index (χ2n) is 6.97. The van der Waals surface area contributed by atoms with Crippen molar-refractivity contribution in [3.8, 4) is 17.2 Å². The summed E-state index contributed by atoms with van der Waals surface area (Å²) in [7, 11) is 1.54. The maximum atomic E-state index is 12.6. The fraction of sp³-hybridized carbons (Fsp3) is 0.167. The van der Waals surface area contributed by atoms with E-state index in [1.807, 2.05) is 0 Å². The van der Waals surface area contributed by atoms with Gasteiger partial charge in [0.25, 0.3) is 5.91 Å². The number of ether oxygens (including phenoxy) is 4. The number of nitrogens with zero attached hydrogens (tertiary/aromatic N) is 1. The first-order valence-corrected chi connectivity index (χ1v) is 11.1. The van der Waals surface area contributed by atoms with Crippen LogP contribution in [0.5, 0.6) is 17.2 Å². The quantitative estimate of drug-likeness (QED) is 0.381. The fourth-order valence-electron chi connectivity index (χ4n) is 3.07. The SMILES string of the molecule is CCOC(=O)c1csc(NC(=O)COc2cccc(/C=C3\Oc4cc(OC)ccc4C3=O)c2)n1. The molecule has 0 fully saturated rings. The number of anilines is 1. The normalized spacial score (nSPS) is 13.2. The molecule has 3 aromatic rings. The predicted octanol–water partition coefficient (Wildman–Crippen LogP) is 3.96. The van der Waals surface area contributed by atoms with Crippen LogP contribution in [0, 0.1) is 0 Å². The van der Waals surface area contributed by atoms with Crippen LogP contribution in [0.1, 0.15) is 33.3 Å². The maximum absolute atomic E-state index is 12.6. The first kappa shape index (κ1) is 23.0. The molecule has 1 N–H and O–H groups in total. The van der Waals surface area contributed by atoms with Gasteiger partial charge in [-0.1, -0.05) is 12.1 Å². The Bertz CT molecular complexity index is 1280. The number of carbonyl (C=O) groups is 3. The zero-order chi connectivity index (χ0) is 24.1. The number of ketones is 1. The number of aromatic nitrogens is 1. The van der Waals surface area contributed by atoms with Crippen LogP contribution >= 0.6 is 11.3 Å². The van der Waals surface area contributed by atoms with Gasteiger partial charge in [-0.25, -0.2) is 9.78 Å². The molecule has 9 nitrogen and oxygen atoms in total. The van der Waals surface area contributed by atoms with E-state index in [-0.39, 0.29) is 35.6 Å². The highest BCUT2D eigenvalue weighted by Gasteiger charge is 2.27. The molecule has 0 saturated carbocycles. The van der Waals surface area contributed by atoms with Gasteiger partial charge in [-0.05, 0) is 42.8 Å². The number of rotatable bonds is 8. The Morgan fingerprint density at radius 1 is 1.18 bits per heavy atom. The number of amides is 1. The predicted molar refractivity (Wildman–Crippen MR) is 125 cm³/mol. The number of Topliss-reactive ketones (excluding diaryl/α,β-unsaturated/α-hetero) is 1. The van der Waals surface area contributed by atoms with E-state index in [0.29, 0.717) is 28.4 Å². The minimum absolute atomic E-state index is 0.132. The van der Waals surface area contributed by atoms with E-state index in [2.05, 4.69) is 10.3 Å². The van der Waals surface area contributed by atoms with Crippen molar-refractivity contribution in [3.63, 3.8) is 0 Å². The second kappa shape index (κ2) is 10.2. The molecule has 0 bridgehead atoms. The number of nitrogens with one attached hydrogen (secondary N) is 1. The van der Waals surface area contributed by atoms with E-state index in [1.54, 1.807) is 62.6 Å². The number of hydrogen-bond donors (Lipinski definition) is 1. The molecule has 2 aromatic carbocycles. The second-order valence-corrected chi connectivity index (χ2v) is 7.83. The van der Waals surface area contributed by atoms with Crippen molar-refractivity contribution >= 4 is 40.2 Å². The minimum Gasteiger partial charge on any atom is -0.497 e. The van der Waals surface area contributed by atoms with Crippen LogP contribution in [-0.4, -0.2) is 43.0 Å². The molecule has 1 aliphatic heterocycles. The largest absolute Gasteiger partial charge is 0.497 e. The first-order valence-electron chi connectivity index (χ1n) is 10.2. The Labute approximate surface area is 198 Å². The summed E-state index contributed by atoms with van der Waals surface area (Å²) < 4.78 is 21.3. The molecule has 10 heteroatoms. The Morgan fingerprint density at radius 2 is 2.03 bits per heavy atom. The summed E-state index contributed by atoms with van der Waals surface area (Å²) >= 11 is 1.11. The summed E-state index contributed by atoms with van der Waals surface area (Å²) in [5.41, 5.74) is 1.26. The molecule has 1 aliphatic rings. The van der Waals surface area contributed by atoms with E-state index in [4.69, 9.17) is 18.9 Å². The molecule has 1 amide bonds. The van der Waals surface area contributed by atoms with E-state index in [0.717, 1.165) is 11.3 Å². The topological polar surface area (TPSA) is 113 Å². The van der Waals surface area contributed by atoms with E-state index in [9.17, 15) is 14.4 Å². The monoisotopic (exact) mass is 480 g/mol. The molecular weight excluding hydrogens is 460 g/mol. The minimum atomic E-state index is -0.548. The number of benzene rings is 2. The van der Waals surface area contributed by atoms with Gasteiger partial charge in [0.1, 0.15) is 17.2 Å². The summed E-state index contributed by atoms with van der Waals surface area (Å²) in [6, 6.07) is 11.9. The molecule has 0 radical (unpaired) electrons. The molecule has 1 aromatic heterocycles. The summed E-state index contributed by atoms with van der Waals surface area (Å²) in [4.78, 5) is 40.5. The van der Waals surface area contributed by atoms with Gasteiger partial charge < -0.3 is 18.9 Å². The van der Waals surface area contributed by atoms with Gasteiger partial charge in [-0.2, -0.15) is 0 Å². The van der Waals surface area contributed by atoms with Gasteiger partial charge in [0.05, 0.1) is 19.3 Å². The maximum Gasteiger partial charge on any atom is 0.357 e. The van der Waals surface area contributed by atoms with Crippen molar-refractivity contribution in [2.75, 3.05) is 25.6 Å². The number of methoxy groups -OCH3 is 1. The molecule has 0 aliphatic carbocycles. The van der Waals surface area contributed by atoms with Gasteiger partial charge >= 0.3 is 5.97 Å². The van der Waals surface area contributed by atoms with Crippen molar-refractivity contribution < 1.29 is 33.3 Å². The smallest absolute Gasteiger partial charge is 0.357 e. The number of carbonyl (C=O) groups excluding carboxylic acids is 3. The lowest BCUT2D eigenvalue weighted by atomic mass is 10.1. The molecule has 174 valence electrons. The lowest BCUT2D eigenvalue weighted by Crippen LogP contribution is -2.20. The van der Waals surface area contributed by atoms with Gasteiger partial charge in [0, 0.05) is 11.4 Å². The standard InChI is InChI=1S/C24H20N2O7S/c1-3-31-23(29)18-13-34-24(25-18)26-21(27)12-32-16-6-4-5-14(9-16)10-20-22(28)17-8-7-15(30-2)11-19(17)33-20/h4-11,13H,3,12H2,1-2H3,(H,25,26,27)/b20-10-. The average Bonchev–Trinajstić information content (AvgIpc) is 3.42. The van der Waals surface area contributed by atoms with Crippen LogP contribution in [-0.2, 0) is 9.53 Å². The van der Waals surface area contributed by atoms with Crippen LogP contribution in [0.15, 0.2) is 53.6 Å². The molecule has 0 saturated heterocycles. The molecule has 0 unspecified atom stereocenters. The summed E-state index contributed by atoms with van der Waals surface area (Å²) in [6.07, 6.45) is 1.61. The van der Waals surface area contributed by atoms with Gasteiger partial charge in [0.2, 0.25) is 5.78 Å². The van der Waals surface area contributed by atoms with Crippen LogP contribution in [0.4, 0.5) is 5.13 Å². The van der Waals surface area contributed by atoms with Crippen molar-refractivity contribution in [2.24, 2.45) is 0 Å². The summed E-state index contributed by atoms with van der Waals surface area (Å²) in [6.45, 7) is 1.67. The number of allylic oxidation sites excluding steroid dienone is 1. The van der Waals surface area contributed by atoms with Gasteiger partial charge in [-0.15, -0.1) is 11.3 Å². The highest BCUT2D eigenvalue weighted by molar-refractivity contribution is 7.14. The van der Waals surface area contributed by atoms with Crippen molar-refractivity contribution in [2.45, 2.75) is 6.92 Å². The highest BCUT2D eigenvalue weighted by Crippen LogP contribution is 2.35. The van der Waals surface area contributed by atoms with E-state index in [1.165, 1.54) is 5.38 Å². The molecular formula is C24H20N2O7S. The molecule has 0 atom stereocenters. The number of esters is 1. The van der Waals surface area contributed by atoms with E-state index >= 15 is 0 Å². The van der Waals surface area contributed by atoms with Crippen molar-refractivity contribution in [1.29, 1.82) is 0 Å². The Balaban J connectivity index is 1.36. The summed E-state index contributed by atoms with van der Waals surface area (Å²) in [5.74, 6) is 0.429. The van der Waals surface area contributed by atoms with Gasteiger partial charge in [0.15, 0.2) is 23.2 Å². The Morgan fingerprint density at radius 3 is 2.82 bits per heavy atom. The number of hydrogen-bond acceptors (Lipinski definition) is 9. The van der Waals surface area contributed by atoms with E-state index < -0.39 is 11.9 Å². The first-order chi connectivity index (χ1) is 16.5. The number of fused-ring (bicyclic) bond motifs is 1. The third-order valence-corrected chi connectivity index (χ3v) is 5.40. The zero-order valence-corrected chi connectivity index (χ0v) is 19.1. The number of thiazole rings is 1. The average molecular weight is 480 g/mol. The van der Waals surface area contributed by atoms with Crippen molar-refractivity contribution in [3.05, 3.63) is 70.4 Å². The highest BCUT2D eigenvalue weighted by atomic mass is 32.1.